The molecule has 0 spiro atoms. The summed E-state index contributed by atoms with van der Waals surface area (Å²) in [4.78, 5) is 23.7. The first-order valence-electron chi connectivity index (χ1n) is 10.9. The van der Waals surface area contributed by atoms with Crippen molar-refractivity contribution in [2.24, 2.45) is 13.0 Å². The van der Waals surface area contributed by atoms with Crippen LogP contribution in [-0.4, -0.2) is 41.2 Å². The smallest absolute Gasteiger partial charge is 0.356 e. The van der Waals surface area contributed by atoms with Crippen LogP contribution in [-0.2, 0) is 21.9 Å². The Morgan fingerprint density at radius 3 is 2.33 bits per heavy atom. The zero-order valence-corrected chi connectivity index (χ0v) is 20.6. The molecule has 1 aromatic heterocycles. The van der Waals surface area contributed by atoms with Crippen LogP contribution in [0.25, 0.3) is 0 Å². The topological polar surface area (TPSA) is 140 Å². The van der Waals surface area contributed by atoms with Gasteiger partial charge in [-0.2, -0.15) is 5.10 Å². The van der Waals surface area contributed by atoms with E-state index < -0.39 is 16.0 Å². The monoisotopic (exact) mass is 480 g/mol. The molecule has 0 saturated heterocycles. The highest BCUT2D eigenvalue weighted by molar-refractivity contribution is 7.89. The molecular formula is C22H32N4O6S. The average Bonchev–Trinajstić information content (AvgIpc) is 3.03. The molecule has 0 unspecified atom stereocenters. The van der Waals surface area contributed by atoms with E-state index in [0.29, 0.717) is 24.9 Å². The predicted molar refractivity (Wildman–Crippen MR) is 124 cm³/mol. The van der Waals surface area contributed by atoms with Crippen molar-refractivity contribution in [1.82, 2.24) is 14.5 Å². The largest absolute Gasteiger partial charge is 0.476 e. The third-order valence-corrected chi connectivity index (χ3v) is 7.07. The lowest BCUT2D eigenvalue weighted by Crippen LogP contribution is -2.32. The average molecular weight is 481 g/mol. The number of rotatable bonds is 11. The number of amides is 1. The van der Waals surface area contributed by atoms with Gasteiger partial charge in [0.05, 0.1) is 0 Å². The number of aryl methyl sites for hydroxylation is 1. The summed E-state index contributed by atoms with van der Waals surface area (Å²) in [6.07, 6.45) is 1.90. The summed E-state index contributed by atoms with van der Waals surface area (Å²) >= 11 is 0. The molecule has 1 amide bonds. The quantitative estimate of drug-likeness (QED) is 0.446. The molecule has 0 aliphatic heterocycles. The predicted octanol–water partition coefficient (Wildman–Crippen LogP) is 3.67. The number of aromatic nitrogens is 2. The Morgan fingerprint density at radius 1 is 1.18 bits per heavy atom. The summed E-state index contributed by atoms with van der Waals surface area (Å²) in [5, 5.41) is 16.0. The van der Waals surface area contributed by atoms with Gasteiger partial charge >= 0.3 is 5.97 Å². The van der Waals surface area contributed by atoms with Gasteiger partial charge in [-0.05, 0) is 51.3 Å². The van der Waals surface area contributed by atoms with Gasteiger partial charge in [-0.15, -0.1) is 0 Å². The van der Waals surface area contributed by atoms with Gasteiger partial charge in [0.1, 0.15) is 10.6 Å². The minimum absolute atomic E-state index is 0.0191. The van der Waals surface area contributed by atoms with Gasteiger partial charge in [0.2, 0.25) is 21.8 Å². The van der Waals surface area contributed by atoms with E-state index >= 15 is 0 Å². The molecule has 1 atom stereocenters. The highest BCUT2D eigenvalue weighted by atomic mass is 32.2. The van der Waals surface area contributed by atoms with Crippen molar-refractivity contribution < 1.29 is 27.9 Å². The zero-order valence-electron chi connectivity index (χ0n) is 19.8. The lowest BCUT2D eigenvalue weighted by atomic mass is 10.0. The second kappa shape index (κ2) is 10.8. The first kappa shape index (κ1) is 26.3. The maximum absolute atomic E-state index is 13.2. The number of nitrogens with zero attached hydrogens (tertiary/aromatic N) is 2. The number of aromatic carboxylic acids is 1. The Kier molecular flexibility index (Phi) is 8.62. The zero-order chi connectivity index (χ0) is 24.9. The fraction of sp³-hybridized carbons (Fsp3) is 0.500. The molecule has 1 heterocycles. The molecule has 10 nitrogen and oxygen atoms in total. The van der Waals surface area contributed by atoms with Gasteiger partial charge < -0.3 is 15.2 Å². The molecule has 2 rings (SSSR count). The van der Waals surface area contributed by atoms with Gasteiger partial charge in [0, 0.05) is 30.3 Å². The van der Waals surface area contributed by atoms with Crippen molar-refractivity contribution in [1.29, 1.82) is 0 Å². The van der Waals surface area contributed by atoms with E-state index in [1.807, 2.05) is 20.8 Å². The highest BCUT2D eigenvalue weighted by Crippen LogP contribution is 2.34. The molecule has 33 heavy (non-hydrogen) atoms. The summed E-state index contributed by atoms with van der Waals surface area (Å²) in [7, 11) is -2.52. The molecule has 0 saturated carbocycles. The van der Waals surface area contributed by atoms with Crippen molar-refractivity contribution in [2.45, 2.75) is 64.8 Å². The lowest BCUT2D eigenvalue weighted by molar-refractivity contribution is -0.120. The van der Waals surface area contributed by atoms with E-state index in [2.05, 4.69) is 15.1 Å². The highest BCUT2D eigenvalue weighted by Gasteiger charge is 2.26. The van der Waals surface area contributed by atoms with Crippen LogP contribution in [0.5, 0.6) is 11.6 Å². The number of hydrogen-bond acceptors (Lipinski definition) is 6. The summed E-state index contributed by atoms with van der Waals surface area (Å²) in [5.74, 6) is -1.52. The van der Waals surface area contributed by atoms with E-state index in [1.165, 1.54) is 30.8 Å². The molecular weight excluding hydrogens is 448 g/mol. The van der Waals surface area contributed by atoms with Gasteiger partial charge in [0.15, 0.2) is 5.69 Å². The Bertz CT molecular complexity index is 1120. The second-order valence-corrected chi connectivity index (χ2v) is 9.59. The standard InChI is InChI=1S/C22H32N4O6S/c1-7-13(4)25-33(30,31)18-12-16(23-20(27)15(8-2)9-3)10-11-17(18)32-21-14(5)19(22(28)29)24-26(21)6/h10-13,15,25H,7-9H2,1-6H3,(H,23,27)(H,28,29)/t13-/m0/s1. The van der Waals surface area contributed by atoms with Crippen LogP contribution in [0.3, 0.4) is 0 Å². The first-order valence-corrected chi connectivity index (χ1v) is 12.3. The summed E-state index contributed by atoms with van der Waals surface area (Å²) in [5.41, 5.74) is 0.384. The Balaban J connectivity index is 2.54. The van der Waals surface area contributed by atoms with Gasteiger partial charge in [0.25, 0.3) is 0 Å². The molecule has 1 aromatic carbocycles. The SMILES string of the molecule is CCC(CC)C(=O)Nc1ccc(Oc2c(C)c(C(=O)O)nn2C)c(S(=O)(=O)N[C@@H](C)CC)c1. The summed E-state index contributed by atoms with van der Waals surface area (Å²) in [6.45, 7) is 8.95. The number of anilines is 1. The number of carboxylic acids is 1. The van der Waals surface area contributed by atoms with Crippen LogP contribution < -0.4 is 14.8 Å². The number of carboxylic acid groups (broad SMARTS) is 1. The fourth-order valence-electron chi connectivity index (χ4n) is 3.26. The molecule has 0 aliphatic carbocycles. The third kappa shape index (κ3) is 6.11. The summed E-state index contributed by atoms with van der Waals surface area (Å²) in [6, 6.07) is 3.98. The van der Waals surface area contributed by atoms with Gasteiger partial charge in [-0.25, -0.2) is 22.6 Å². The Morgan fingerprint density at radius 2 is 1.82 bits per heavy atom. The Hall–Kier alpha value is -2.92. The van der Waals surface area contributed by atoms with E-state index in [9.17, 15) is 23.1 Å². The van der Waals surface area contributed by atoms with E-state index in [-0.39, 0.29) is 45.6 Å². The maximum atomic E-state index is 13.2. The fourth-order valence-corrected chi connectivity index (χ4v) is 4.74. The number of carbonyl (C=O) groups excluding carboxylic acids is 1. The second-order valence-electron chi connectivity index (χ2n) is 7.90. The van der Waals surface area contributed by atoms with Crippen molar-refractivity contribution in [3.05, 3.63) is 29.5 Å². The van der Waals surface area contributed by atoms with Crippen LogP contribution >= 0.6 is 0 Å². The molecule has 11 heteroatoms. The number of hydrogen-bond donors (Lipinski definition) is 3. The third-order valence-electron chi connectivity index (χ3n) is 5.45. The lowest BCUT2D eigenvalue weighted by Gasteiger charge is -2.18. The van der Waals surface area contributed by atoms with E-state index in [4.69, 9.17) is 4.74 Å². The molecule has 3 N–H and O–H groups in total. The van der Waals surface area contributed by atoms with Crippen LogP contribution in [0, 0.1) is 12.8 Å². The van der Waals surface area contributed by atoms with E-state index in [1.54, 1.807) is 13.0 Å². The van der Waals surface area contributed by atoms with Crippen molar-refractivity contribution in [3.63, 3.8) is 0 Å². The van der Waals surface area contributed by atoms with Crippen molar-refractivity contribution >= 4 is 27.6 Å². The number of ether oxygens (including phenoxy) is 1. The van der Waals surface area contributed by atoms with Crippen molar-refractivity contribution in [2.75, 3.05) is 5.32 Å². The van der Waals surface area contributed by atoms with Gasteiger partial charge in [-0.1, -0.05) is 20.8 Å². The minimum Gasteiger partial charge on any atom is -0.476 e. The number of carbonyl (C=O) groups is 2. The molecule has 0 aliphatic rings. The molecule has 0 radical (unpaired) electrons. The molecule has 2 aromatic rings. The van der Waals surface area contributed by atoms with Crippen LogP contribution in [0.1, 0.15) is 63.0 Å². The molecule has 0 fully saturated rings. The maximum Gasteiger partial charge on any atom is 0.356 e. The van der Waals surface area contributed by atoms with Crippen LogP contribution in [0.4, 0.5) is 5.69 Å². The molecule has 182 valence electrons. The number of sulfonamides is 1. The molecule has 0 bridgehead atoms. The number of benzene rings is 1. The van der Waals surface area contributed by atoms with Crippen LogP contribution in [0.15, 0.2) is 23.1 Å². The van der Waals surface area contributed by atoms with E-state index in [0.717, 1.165) is 0 Å². The minimum atomic E-state index is -4.02. The van der Waals surface area contributed by atoms with Crippen molar-refractivity contribution in [3.8, 4) is 11.6 Å². The number of nitrogens with one attached hydrogen (secondary N) is 2. The normalized spacial score (nSPS) is 12.6. The van der Waals surface area contributed by atoms with Crippen LogP contribution in [0.2, 0.25) is 0 Å². The van der Waals surface area contributed by atoms with Gasteiger partial charge in [-0.3, -0.25) is 4.79 Å². The Labute approximate surface area is 194 Å². The first-order chi connectivity index (χ1) is 15.4. The summed E-state index contributed by atoms with van der Waals surface area (Å²) < 4.78 is 36.0.